The van der Waals surface area contributed by atoms with Crippen LogP contribution < -0.4 is 0 Å². The highest BCUT2D eigenvalue weighted by molar-refractivity contribution is 5.87. The molecule has 3 aliphatic heterocycles. The number of pyridine rings is 1. The zero-order valence-electron chi connectivity index (χ0n) is 25.6. The van der Waals surface area contributed by atoms with Crippen molar-refractivity contribution in [2.45, 2.75) is 51.3 Å². The minimum absolute atomic E-state index is 0.118. The number of nitrogens with zero attached hydrogens (tertiary/aromatic N) is 3. The molecule has 4 heterocycles. The van der Waals surface area contributed by atoms with Crippen molar-refractivity contribution < 1.29 is 14.1 Å². The molecule has 0 saturated carbocycles. The molecule has 3 saturated heterocycles. The Morgan fingerprint density at radius 1 is 1.09 bits per heavy atom. The quantitative estimate of drug-likeness (QED) is 0.0719. The van der Waals surface area contributed by atoms with Crippen molar-refractivity contribution in [3.8, 4) is 11.1 Å². The third-order valence-electron chi connectivity index (χ3n) is 10.0. The fourth-order valence-electron chi connectivity index (χ4n) is 7.85. The maximum atomic E-state index is 12.1. The lowest BCUT2D eigenvalue weighted by Gasteiger charge is -2.58. The number of ether oxygens (including phenoxy) is 1. The number of hydrogen-bond acceptors (Lipinski definition) is 4. The van der Waals surface area contributed by atoms with Gasteiger partial charge < -0.3 is 9.22 Å². The standard InChI is InChI=1S/C38H42N3O3/c1-4-9-27-12-14-29(15-13-27)30-16-17-35-34(23-30)33(18-20-39-35)38(44-22-5-2)37-24-31-19-21-41(37,25-28(31)6-3)26-32-10-7-8-11-36(32)40(42)43/h5-8,10-18,20,23,28,31,37-38H,2-4,9,19,21-22,24-26H2,1H3/q+1/t28-,31-,37-,38+,41-/m0/s1. The van der Waals surface area contributed by atoms with Gasteiger partial charge in [0, 0.05) is 36.4 Å². The van der Waals surface area contributed by atoms with Gasteiger partial charge in [0.1, 0.15) is 18.7 Å². The predicted octanol–water partition coefficient (Wildman–Crippen LogP) is 8.62. The number of aromatic nitrogens is 1. The van der Waals surface area contributed by atoms with E-state index < -0.39 is 0 Å². The number of nitro groups is 1. The summed E-state index contributed by atoms with van der Waals surface area (Å²) in [6, 6.07) is 24.8. The van der Waals surface area contributed by atoms with Crippen LogP contribution in [0, 0.1) is 22.0 Å². The van der Waals surface area contributed by atoms with Gasteiger partial charge in [-0.15, -0.1) is 13.2 Å². The molecular formula is C38H42N3O3+. The molecule has 7 rings (SSSR count). The van der Waals surface area contributed by atoms with E-state index in [0.29, 0.717) is 25.0 Å². The first kappa shape index (κ1) is 29.9. The van der Waals surface area contributed by atoms with Crippen LogP contribution in [0.2, 0.25) is 0 Å². The predicted molar refractivity (Wildman–Crippen MR) is 177 cm³/mol. The van der Waals surface area contributed by atoms with Gasteiger partial charge in [-0.2, -0.15) is 0 Å². The smallest absolute Gasteiger partial charge is 0.278 e. The summed E-state index contributed by atoms with van der Waals surface area (Å²) in [6.07, 6.45) is 9.84. The number of aryl methyl sites for hydroxylation is 1. The SMILES string of the molecule is C=CCO[C@H](c1ccnc2ccc(-c3ccc(CCC)cc3)cc12)[C@@H]1C[C@@H]2CC[N@@+]1(Cc1ccccc1[N+](=O)[O-])C[C@@H]2C=C. The molecule has 44 heavy (non-hydrogen) atoms. The van der Waals surface area contributed by atoms with Gasteiger partial charge in [-0.3, -0.25) is 15.1 Å². The lowest BCUT2D eigenvalue weighted by Crippen LogP contribution is -2.67. The van der Waals surface area contributed by atoms with Crippen LogP contribution in [-0.4, -0.2) is 40.1 Å². The fraction of sp³-hybridized carbons (Fsp3) is 0.342. The molecule has 2 bridgehead atoms. The summed E-state index contributed by atoms with van der Waals surface area (Å²) in [5.74, 6) is 0.891. The summed E-state index contributed by atoms with van der Waals surface area (Å²) in [5.41, 5.74) is 6.71. The van der Waals surface area contributed by atoms with E-state index in [1.54, 1.807) is 12.1 Å². The topological polar surface area (TPSA) is 65.3 Å². The molecule has 0 amide bonds. The Balaban J connectivity index is 1.45. The van der Waals surface area contributed by atoms with E-state index >= 15 is 0 Å². The highest BCUT2D eigenvalue weighted by Crippen LogP contribution is 2.49. The molecule has 4 aromatic rings. The van der Waals surface area contributed by atoms with Crippen LogP contribution >= 0.6 is 0 Å². The maximum Gasteiger partial charge on any atom is 0.278 e. The first-order valence-corrected chi connectivity index (χ1v) is 15.9. The first-order chi connectivity index (χ1) is 21.5. The summed E-state index contributed by atoms with van der Waals surface area (Å²) >= 11 is 0. The maximum absolute atomic E-state index is 12.1. The summed E-state index contributed by atoms with van der Waals surface area (Å²) in [7, 11) is 0. The molecule has 0 aliphatic carbocycles. The highest BCUT2D eigenvalue weighted by atomic mass is 16.6. The average Bonchev–Trinajstić information content (AvgIpc) is 3.05. The molecule has 3 fully saturated rings. The Morgan fingerprint density at radius 2 is 1.89 bits per heavy atom. The Kier molecular flexibility index (Phi) is 8.74. The number of nitro benzene ring substituents is 1. The summed E-state index contributed by atoms with van der Waals surface area (Å²) in [6.45, 7) is 13.2. The second-order valence-electron chi connectivity index (χ2n) is 12.5. The van der Waals surface area contributed by atoms with Crippen molar-refractivity contribution in [1.82, 2.24) is 4.98 Å². The van der Waals surface area contributed by atoms with Crippen LogP contribution in [-0.2, 0) is 17.7 Å². The van der Waals surface area contributed by atoms with Crippen molar-refractivity contribution in [3.63, 3.8) is 0 Å². The van der Waals surface area contributed by atoms with Gasteiger partial charge in [0.05, 0.1) is 35.7 Å². The lowest BCUT2D eigenvalue weighted by molar-refractivity contribution is -0.985. The molecule has 0 N–H and O–H groups in total. The van der Waals surface area contributed by atoms with Gasteiger partial charge in [0.15, 0.2) is 0 Å². The van der Waals surface area contributed by atoms with Crippen LogP contribution in [0.25, 0.3) is 22.0 Å². The number of fused-ring (bicyclic) bond motifs is 4. The van der Waals surface area contributed by atoms with Crippen molar-refractivity contribution in [1.29, 1.82) is 0 Å². The van der Waals surface area contributed by atoms with Gasteiger partial charge in [-0.1, -0.05) is 68.0 Å². The molecule has 226 valence electrons. The monoisotopic (exact) mass is 588 g/mol. The molecule has 3 aliphatic rings. The third kappa shape index (κ3) is 5.72. The molecule has 6 nitrogen and oxygen atoms in total. The highest BCUT2D eigenvalue weighted by Gasteiger charge is 2.55. The zero-order valence-corrected chi connectivity index (χ0v) is 25.6. The van der Waals surface area contributed by atoms with Crippen LogP contribution in [0.5, 0.6) is 0 Å². The molecule has 1 aromatic heterocycles. The van der Waals surface area contributed by atoms with E-state index in [2.05, 4.69) is 74.7 Å². The number of quaternary nitrogens is 1. The molecule has 5 atom stereocenters. The number of hydrogen-bond donors (Lipinski definition) is 0. The Morgan fingerprint density at radius 3 is 2.64 bits per heavy atom. The normalized spacial score (nSPS) is 23.3. The summed E-state index contributed by atoms with van der Waals surface area (Å²) in [5, 5.41) is 13.1. The Bertz CT molecular complexity index is 1670. The largest absolute Gasteiger partial charge is 0.363 e. The molecule has 3 aromatic carbocycles. The van der Waals surface area contributed by atoms with E-state index in [9.17, 15) is 10.1 Å². The molecule has 6 heteroatoms. The molecular weight excluding hydrogens is 546 g/mol. The van der Waals surface area contributed by atoms with E-state index in [4.69, 9.17) is 9.72 Å². The van der Waals surface area contributed by atoms with Crippen LogP contribution in [0.1, 0.15) is 49.0 Å². The Labute approximate surface area is 260 Å². The van der Waals surface area contributed by atoms with Gasteiger partial charge in [0.2, 0.25) is 0 Å². The van der Waals surface area contributed by atoms with Gasteiger partial charge in [-0.25, -0.2) is 0 Å². The average molecular weight is 589 g/mol. The summed E-state index contributed by atoms with van der Waals surface area (Å²) < 4.78 is 7.49. The molecule has 0 spiro atoms. The van der Waals surface area contributed by atoms with Crippen molar-refractivity contribution in [3.05, 3.63) is 131 Å². The van der Waals surface area contributed by atoms with Gasteiger partial charge >= 0.3 is 0 Å². The van der Waals surface area contributed by atoms with E-state index in [0.717, 1.165) is 70.8 Å². The lowest BCUT2D eigenvalue weighted by atomic mass is 9.71. The van der Waals surface area contributed by atoms with Crippen molar-refractivity contribution in [2.75, 3.05) is 19.7 Å². The molecule has 0 unspecified atom stereocenters. The van der Waals surface area contributed by atoms with Gasteiger partial charge in [0.25, 0.3) is 5.69 Å². The van der Waals surface area contributed by atoms with Crippen molar-refractivity contribution in [2.24, 2.45) is 11.8 Å². The minimum atomic E-state index is -0.247. The van der Waals surface area contributed by atoms with Crippen LogP contribution in [0.15, 0.2) is 104 Å². The zero-order chi connectivity index (χ0) is 30.7. The van der Waals surface area contributed by atoms with Crippen LogP contribution in [0.4, 0.5) is 5.69 Å². The fourth-order valence-corrected chi connectivity index (χ4v) is 7.85. The number of benzene rings is 3. The first-order valence-electron chi connectivity index (χ1n) is 15.9. The van der Waals surface area contributed by atoms with Gasteiger partial charge in [-0.05, 0) is 58.9 Å². The summed E-state index contributed by atoms with van der Waals surface area (Å²) in [4.78, 5) is 16.5. The van der Waals surface area contributed by atoms with E-state index in [1.165, 1.54) is 11.1 Å². The van der Waals surface area contributed by atoms with E-state index in [1.807, 2.05) is 24.4 Å². The second-order valence-corrected chi connectivity index (χ2v) is 12.5. The van der Waals surface area contributed by atoms with Crippen LogP contribution in [0.3, 0.4) is 0 Å². The molecule has 0 radical (unpaired) electrons. The number of para-hydroxylation sites is 1. The number of piperidine rings is 3. The number of rotatable bonds is 12. The third-order valence-corrected chi connectivity index (χ3v) is 10.0. The second kappa shape index (κ2) is 12.8. The van der Waals surface area contributed by atoms with E-state index in [-0.39, 0.29) is 22.8 Å². The Hall–Kier alpha value is -4.13. The minimum Gasteiger partial charge on any atom is -0.363 e. The van der Waals surface area contributed by atoms with Crippen molar-refractivity contribution >= 4 is 16.6 Å².